The summed E-state index contributed by atoms with van der Waals surface area (Å²) in [6.45, 7) is 6.58. The number of hydrogen-bond acceptors (Lipinski definition) is 16. The van der Waals surface area contributed by atoms with Crippen LogP contribution in [0.2, 0.25) is 0 Å². The Kier molecular flexibility index (Phi) is 17.6. The van der Waals surface area contributed by atoms with E-state index in [4.69, 9.17) is 47.4 Å². The van der Waals surface area contributed by atoms with E-state index in [9.17, 15) is 28.8 Å². The standard InChI is InChI=1S/C51H60N2O16/c1-6-7-8-9-10-11-12-16-23-40(57)52-41-45(43-39(29-62-49(68-43)33-19-14-13-15-20-33)66-50(41)65-35-26-24-34(60-5)25-27-35)69-51-42(53-47(58)36-21-17-18-22-37(36)48(53)59)46(64-32(4)56)44(63-31(3)55)38(67-51)28-61-30(2)54/h6,13-15,17-22,24-27,38-39,41-46,49-51H,1,7-12,16,23,28-29H2,2-5H3,(H,52,57)/t38-,39-,41-,42-,43-,44-,45-,46-,49?,50-,51+/m1/s1. The number of methoxy groups -OCH3 is 1. The van der Waals surface area contributed by atoms with E-state index in [1.165, 1.54) is 19.2 Å². The lowest BCUT2D eigenvalue weighted by Gasteiger charge is -2.52. The summed E-state index contributed by atoms with van der Waals surface area (Å²) in [4.78, 5) is 82.2. The third kappa shape index (κ3) is 12.5. The zero-order valence-electron chi connectivity index (χ0n) is 39.2. The molecule has 4 aliphatic rings. The van der Waals surface area contributed by atoms with Crippen molar-refractivity contribution in [3.8, 4) is 11.5 Å². The van der Waals surface area contributed by atoms with Crippen molar-refractivity contribution in [2.45, 2.75) is 140 Å². The summed E-state index contributed by atoms with van der Waals surface area (Å²) >= 11 is 0. The zero-order valence-corrected chi connectivity index (χ0v) is 39.2. The summed E-state index contributed by atoms with van der Waals surface area (Å²) in [7, 11) is 1.53. The molecule has 1 N–H and O–H groups in total. The molecule has 18 heteroatoms. The predicted octanol–water partition coefficient (Wildman–Crippen LogP) is 5.91. The Morgan fingerprint density at radius 1 is 0.725 bits per heavy atom. The Hall–Kier alpha value is -6.18. The molecule has 3 saturated heterocycles. The molecule has 1 unspecified atom stereocenters. The molecule has 0 aromatic heterocycles. The van der Waals surface area contributed by atoms with E-state index in [2.05, 4.69) is 11.9 Å². The van der Waals surface area contributed by atoms with Gasteiger partial charge >= 0.3 is 17.9 Å². The van der Waals surface area contributed by atoms with Crippen LogP contribution in [-0.2, 0) is 57.1 Å². The van der Waals surface area contributed by atoms with E-state index in [1.54, 1.807) is 36.4 Å². The smallest absolute Gasteiger partial charge is 0.303 e. The van der Waals surface area contributed by atoms with Crippen molar-refractivity contribution in [1.82, 2.24) is 10.2 Å². The van der Waals surface area contributed by atoms with Crippen LogP contribution in [0.1, 0.15) is 105 Å². The first-order chi connectivity index (χ1) is 33.4. The van der Waals surface area contributed by atoms with Gasteiger partial charge in [-0.1, -0.05) is 74.2 Å². The zero-order chi connectivity index (χ0) is 49.0. The highest BCUT2D eigenvalue weighted by molar-refractivity contribution is 6.21. The highest BCUT2D eigenvalue weighted by Gasteiger charge is 2.60. The van der Waals surface area contributed by atoms with Crippen molar-refractivity contribution in [3.63, 3.8) is 0 Å². The molecule has 0 bridgehead atoms. The van der Waals surface area contributed by atoms with Crippen LogP contribution in [0, 0.1) is 0 Å². The molecule has 3 aromatic rings. The second-order valence-electron chi connectivity index (χ2n) is 17.2. The Morgan fingerprint density at radius 3 is 1.99 bits per heavy atom. The van der Waals surface area contributed by atoms with Gasteiger partial charge in [-0.2, -0.15) is 0 Å². The quantitative estimate of drug-likeness (QED) is 0.0433. The van der Waals surface area contributed by atoms with E-state index < -0.39 is 104 Å². The molecular formula is C51H60N2O16. The molecule has 3 aromatic carbocycles. The molecule has 0 aliphatic carbocycles. The molecule has 370 valence electrons. The number of nitrogens with zero attached hydrogens (tertiary/aromatic N) is 1. The normalized spacial score (nSPS) is 27.3. The second-order valence-corrected chi connectivity index (χ2v) is 17.2. The second kappa shape index (κ2) is 23.9. The van der Waals surface area contributed by atoms with Crippen molar-refractivity contribution < 1.29 is 76.1 Å². The van der Waals surface area contributed by atoms with Gasteiger partial charge in [0.2, 0.25) is 12.2 Å². The molecule has 4 heterocycles. The molecule has 3 amide bonds. The summed E-state index contributed by atoms with van der Waals surface area (Å²) in [5.74, 6) is -3.44. The minimum atomic E-state index is -1.77. The van der Waals surface area contributed by atoms with E-state index in [1.807, 2.05) is 36.4 Å². The first kappa shape index (κ1) is 50.7. The largest absolute Gasteiger partial charge is 0.497 e. The lowest BCUT2D eigenvalue weighted by atomic mass is 9.92. The number of hydrogen-bond donors (Lipinski definition) is 1. The maximum absolute atomic E-state index is 14.5. The Bertz CT molecular complexity index is 2240. The molecule has 0 spiro atoms. The number of fused-ring (bicyclic) bond motifs is 2. The number of nitrogens with one attached hydrogen (secondary N) is 1. The van der Waals surface area contributed by atoms with Crippen LogP contribution < -0.4 is 14.8 Å². The van der Waals surface area contributed by atoms with Gasteiger partial charge in [0.05, 0.1) is 24.8 Å². The summed E-state index contributed by atoms with van der Waals surface area (Å²) in [6, 6.07) is 19.1. The van der Waals surface area contributed by atoms with Gasteiger partial charge in [-0.05, 0) is 55.7 Å². The summed E-state index contributed by atoms with van der Waals surface area (Å²) in [5.41, 5.74) is 0.761. The fraction of sp³-hybridized carbons (Fsp3) is 0.490. The lowest BCUT2D eigenvalue weighted by molar-refractivity contribution is -0.366. The number of imide groups is 1. The van der Waals surface area contributed by atoms with Crippen molar-refractivity contribution in [2.24, 2.45) is 0 Å². The number of allylic oxidation sites excluding steroid dienone is 1. The topological polar surface area (TPSA) is 210 Å². The first-order valence-corrected chi connectivity index (χ1v) is 23.3. The van der Waals surface area contributed by atoms with Crippen LogP contribution in [-0.4, -0.2) is 122 Å². The first-order valence-electron chi connectivity index (χ1n) is 23.3. The van der Waals surface area contributed by atoms with Crippen molar-refractivity contribution >= 4 is 35.6 Å². The number of rotatable bonds is 21. The van der Waals surface area contributed by atoms with Crippen molar-refractivity contribution in [3.05, 3.63) is 108 Å². The maximum atomic E-state index is 14.5. The van der Waals surface area contributed by atoms with Gasteiger partial charge < -0.3 is 52.7 Å². The Balaban J connectivity index is 1.31. The molecule has 0 radical (unpaired) electrons. The molecule has 11 atom stereocenters. The highest BCUT2D eigenvalue weighted by atomic mass is 16.8. The molecule has 0 saturated carbocycles. The van der Waals surface area contributed by atoms with Gasteiger partial charge in [0, 0.05) is 32.8 Å². The Labute approximate surface area is 400 Å². The van der Waals surface area contributed by atoms with Gasteiger partial charge in [0.15, 0.2) is 24.8 Å². The van der Waals surface area contributed by atoms with Crippen LogP contribution in [0.15, 0.2) is 91.5 Å². The third-order valence-electron chi connectivity index (χ3n) is 12.2. The van der Waals surface area contributed by atoms with Crippen LogP contribution in [0.25, 0.3) is 0 Å². The Morgan fingerprint density at radius 2 is 1.35 bits per heavy atom. The van der Waals surface area contributed by atoms with Gasteiger partial charge in [-0.3, -0.25) is 33.7 Å². The molecule has 7 rings (SSSR count). The fourth-order valence-electron chi connectivity index (χ4n) is 9.00. The van der Waals surface area contributed by atoms with Crippen LogP contribution in [0.3, 0.4) is 0 Å². The van der Waals surface area contributed by atoms with Crippen LogP contribution >= 0.6 is 0 Å². The van der Waals surface area contributed by atoms with Crippen LogP contribution in [0.5, 0.6) is 11.5 Å². The number of amides is 3. The average Bonchev–Trinajstić information content (AvgIpc) is 3.58. The van der Waals surface area contributed by atoms with Gasteiger partial charge in [-0.15, -0.1) is 6.58 Å². The minimum absolute atomic E-state index is 0.0486. The molecular weight excluding hydrogens is 897 g/mol. The molecule has 18 nitrogen and oxygen atoms in total. The monoisotopic (exact) mass is 956 g/mol. The third-order valence-corrected chi connectivity index (χ3v) is 12.2. The van der Waals surface area contributed by atoms with E-state index in [-0.39, 0.29) is 30.1 Å². The van der Waals surface area contributed by atoms with Crippen molar-refractivity contribution in [2.75, 3.05) is 20.3 Å². The van der Waals surface area contributed by atoms with Gasteiger partial charge in [-0.25, -0.2) is 0 Å². The number of carbonyl (C=O) groups is 6. The molecule has 3 fully saturated rings. The number of ether oxygens (including phenoxy) is 10. The maximum Gasteiger partial charge on any atom is 0.303 e. The predicted molar refractivity (Wildman–Crippen MR) is 243 cm³/mol. The fourth-order valence-corrected chi connectivity index (χ4v) is 9.00. The number of benzene rings is 3. The van der Waals surface area contributed by atoms with E-state index >= 15 is 0 Å². The minimum Gasteiger partial charge on any atom is -0.497 e. The summed E-state index contributed by atoms with van der Waals surface area (Å²) in [6.07, 6.45) is -3.52. The van der Waals surface area contributed by atoms with Crippen molar-refractivity contribution in [1.29, 1.82) is 0 Å². The average molecular weight is 957 g/mol. The van der Waals surface area contributed by atoms with Crippen LogP contribution in [0.4, 0.5) is 0 Å². The molecule has 69 heavy (non-hydrogen) atoms. The summed E-state index contributed by atoms with van der Waals surface area (Å²) < 4.78 is 62.2. The number of carbonyl (C=O) groups excluding carboxylic acids is 6. The SMILES string of the molecule is C=CCCCCCCCCC(=O)N[C@H]1[C@H](Oc2ccc(OC)cc2)O[C@@H]2COC(c3ccccc3)O[C@H]2[C@@H]1O[C@@H]1O[C@H](COC(C)=O)[C@@H](OC(C)=O)[C@H](OC(C)=O)[C@H]1N1C(=O)c2ccccc2C1=O. The summed E-state index contributed by atoms with van der Waals surface area (Å²) in [5, 5.41) is 3.11. The number of unbranched alkanes of at least 4 members (excludes halogenated alkanes) is 6. The van der Waals surface area contributed by atoms with Gasteiger partial charge in [0.25, 0.3) is 11.8 Å². The molecule has 4 aliphatic heterocycles. The lowest BCUT2D eigenvalue weighted by Crippen LogP contribution is -2.72. The van der Waals surface area contributed by atoms with E-state index in [0.717, 1.165) is 64.2 Å². The highest BCUT2D eigenvalue weighted by Crippen LogP contribution is 2.41. The number of esters is 3. The van der Waals surface area contributed by atoms with Gasteiger partial charge in [0.1, 0.15) is 54.6 Å². The van der Waals surface area contributed by atoms with E-state index in [0.29, 0.717) is 23.5 Å².